The normalized spacial score (nSPS) is 12.0. The van der Waals surface area contributed by atoms with Crippen molar-refractivity contribution >= 4 is 15.9 Å². The summed E-state index contributed by atoms with van der Waals surface area (Å²) in [5, 5.41) is 0. The highest BCUT2D eigenvalue weighted by molar-refractivity contribution is 7.90. The molecular formula is C14H14O3S. The topological polar surface area (TPSA) is 47.3 Å². The number of benzene rings is 1. The summed E-state index contributed by atoms with van der Waals surface area (Å²) in [5.41, 5.74) is 0.809. The Morgan fingerprint density at radius 1 is 1.06 bits per heavy atom. The average Bonchev–Trinajstić information content (AvgIpc) is 2.82. The van der Waals surface area contributed by atoms with Crippen LogP contribution in [0.15, 0.2) is 59.2 Å². The molecule has 0 spiro atoms. The van der Waals surface area contributed by atoms with Crippen LogP contribution in [-0.4, -0.2) is 14.2 Å². The van der Waals surface area contributed by atoms with E-state index in [1.54, 1.807) is 30.5 Å². The quantitative estimate of drug-likeness (QED) is 0.832. The molecule has 0 saturated heterocycles. The molecule has 0 aliphatic rings. The summed E-state index contributed by atoms with van der Waals surface area (Å²) in [6.07, 6.45) is 4.83. The minimum Gasteiger partial charge on any atom is -0.465 e. The van der Waals surface area contributed by atoms with Crippen molar-refractivity contribution in [3.63, 3.8) is 0 Å². The Kier molecular flexibility index (Phi) is 3.99. The first kappa shape index (κ1) is 12.6. The summed E-state index contributed by atoms with van der Waals surface area (Å²) in [6, 6.07) is 12.7. The maximum Gasteiger partial charge on any atom is 0.157 e. The fourth-order valence-corrected chi connectivity index (χ4v) is 2.79. The van der Waals surface area contributed by atoms with Crippen LogP contribution in [0.3, 0.4) is 0 Å². The van der Waals surface area contributed by atoms with Gasteiger partial charge in [-0.25, -0.2) is 8.42 Å². The Labute approximate surface area is 107 Å². The maximum atomic E-state index is 11.8. The van der Waals surface area contributed by atoms with Crippen molar-refractivity contribution in [3.05, 3.63) is 66.1 Å². The highest BCUT2D eigenvalue weighted by Gasteiger charge is 2.09. The zero-order chi connectivity index (χ0) is 12.8. The van der Waals surface area contributed by atoms with E-state index in [2.05, 4.69) is 0 Å². The number of furan rings is 1. The Bertz CT molecular complexity index is 596. The van der Waals surface area contributed by atoms with Gasteiger partial charge in [-0.05, 0) is 23.8 Å². The van der Waals surface area contributed by atoms with Gasteiger partial charge in [-0.2, -0.15) is 0 Å². The van der Waals surface area contributed by atoms with Crippen molar-refractivity contribution in [2.45, 2.75) is 5.75 Å². The van der Waals surface area contributed by atoms with Gasteiger partial charge in [-0.15, -0.1) is 0 Å². The first-order valence-corrected chi connectivity index (χ1v) is 7.42. The van der Waals surface area contributed by atoms with Crippen LogP contribution in [-0.2, 0) is 15.6 Å². The first-order valence-electron chi connectivity index (χ1n) is 5.60. The van der Waals surface area contributed by atoms with Crippen LogP contribution in [0.5, 0.6) is 0 Å². The van der Waals surface area contributed by atoms with Crippen LogP contribution < -0.4 is 0 Å². The van der Waals surface area contributed by atoms with Gasteiger partial charge in [0.05, 0.1) is 17.8 Å². The van der Waals surface area contributed by atoms with Crippen molar-refractivity contribution in [1.29, 1.82) is 0 Å². The minimum absolute atomic E-state index is 0.0165. The van der Waals surface area contributed by atoms with Gasteiger partial charge < -0.3 is 4.42 Å². The molecule has 1 heterocycles. The molecule has 0 aliphatic heterocycles. The third-order valence-electron chi connectivity index (χ3n) is 2.40. The third-order valence-corrected chi connectivity index (χ3v) is 3.88. The smallest absolute Gasteiger partial charge is 0.157 e. The Morgan fingerprint density at radius 3 is 2.50 bits per heavy atom. The van der Waals surface area contributed by atoms with Crippen molar-refractivity contribution in [2.75, 3.05) is 5.75 Å². The van der Waals surface area contributed by atoms with Crippen molar-refractivity contribution in [3.8, 4) is 0 Å². The highest BCUT2D eigenvalue weighted by atomic mass is 32.2. The molecule has 2 rings (SSSR count). The van der Waals surface area contributed by atoms with Crippen LogP contribution in [0.4, 0.5) is 0 Å². The highest BCUT2D eigenvalue weighted by Crippen LogP contribution is 2.08. The standard InChI is InChI=1S/C14H14O3S/c15-18(16,12-13-6-2-1-3-7-13)11-5-9-14-8-4-10-17-14/h1-10H,11-12H2/b9-5+. The minimum atomic E-state index is -3.12. The van der Waals surface area contributed by atoms with E-state index >= 15 is 0 Å². The molecule has 1 aromatic heterocycles. The van der Waals surface area contributed by atoms with Crippen LogP contribution >= 0.6 is 0 Å². The van der Waals surface area contributed by atoms with Gasteiger partial charge in [-0.3, -0.25) is 0 Å². The van der Waals surface area contributed by atoms with Crippen molar-refractivity contribution in [1.82, 2.24) is 0 Å². The van der Waals surface area contributed by atoms with E-state index in [1.165, 1.54) is 0 Å². The van der Waals surface area contributed by atoms with Gasteiger partial charge >= 0.3 is 0 Å². The molecule has 1 aromatic carbocycles. The molecule has 0 N–H and O–H groups in total. The summed E-state index contributed by atoms with van der Waals surface area (Å²) < 4.78 is 28.8. The molecule has 18 heavy (non-hydrogen) atoms. The van der Waals surface area contributed by atoms with E-state index in [-0.39, 0.29) is 11.5 Å². The predicted molar refractivity (Wildman–Crippen MR) is 71.7 cm³/mol. The van der Waals surface area contributed by atoms with Crippen LogP contribution in [0.2, 0.25) is 0 Å². The van der Waals surface area contributed by atoms with E-state index in [9.17, 15) is 8.42 Å². The average molecular weight is 262 g/mol. The SMILES string of the molecule is O=S(=O)(C/C=C/c1ccco1)Cc1ccccc1. The number of hydrogen-bond donors (Lipinski definition) is 0. The lowest BCUT2D eigenvalue weighted by molar-refractivity contribution is 0.557. The molecule has 0 bridgehead atoms. The molecule has 0 unspecified atom stereocenters. The molecule has 4 heteroatoms. The second-order valence-electron chi connectivity index (χ2n) is 3.96. The lowest BCUT2D eigenvalue weighted by Gasteiger charge is -2.01. The van der Waals surface area contributed by atoms with E-state index in [0.29, 0.717) is 5.76 Å². The van der Waals surface area contributed by atoms with Gasteiger partial charge in [0.1, 0.15) is 5.76 Å². The number of sulfone groups is 1. The molecular weight excluding hydrogens is 248 g/mol. The van der Waals surface area contributed by atoms with E-state index in [0.717, 1.165) is 5.56 Å². The monoisotopic (exact) mass is 262 g/mol. The predicted octanol–water partition coefficient (Wildman–Crippen LogP) is 2.91. The molecule has 0 saturated carbocycles. The number of hydrogen-bond acceptors (Lipinski definition) is 3. The summed E-state index contributed by atoms with van der Waals surface area (Å²) >= 11 is 0. The van der Waals surface area contributed by atoms with Crippen LogP contribution in [0, 0.1) is 0 Å². The van der Waals surface area contributed by atoms with Crippen molar-refractivity contribution < 1.29 is 12.8 Å². The van der Waals surface area contributed by atoms with Crippen LogP contribution in [0.1, 0.15) is 11.3 Å². The number of rotatable bonds is 5. The van der Waals surface area contributed by atoms with Gasteiger partial charge in [0.15, 0.2) is 9.84 Å². The zero-order valence-electron chi connectivity index (χ0n) is 9.82. The zero-order valence-corrected chi connectivity index (χ0v) is 10.6. The van der Waals surface area contributed by atoms with Gasteiger partial charge in [-0.1, -0.05) is 36.4 Å². The summed E-state index contributed by atoms with van der Waals surface area (Å²) in [4.78, 5) is 0. The van der Waals surface area contributed by atoms with E-state index in [1.807, 2.05) is 30.3 Å². The first-order chi connectivity index (χ1) is 8.66. The second kappa shape index (κ2) is 5.69. The largest absolute Gasteiger partial charge is 0.465 e. The molecule has 0 aliphatic carbocycles. The lowest BCUT2D eigenvalue weighted by Crippen LogP contribution is -2.07. The van der Waals surface area contributed by atoms with Crippen molar-refractivity contribution in [2.24, 2.45) is 0 Å². The fraction of sp³-hybridized carbons (Fsp3) is 0.143. The summed E-state index contributed by atoms with van der Waals surface area (Å²) in [5.74, 6) is 0.740. The van der Waals surface area contributed by atoms with Gasteiger partial charge in [0.2, 0.25) is 0 Å². The maximum absolute atomic E-state index is 11.8. The Hall–Kier alpha value is -1.81. The van der Waals surface area contributed by atoms with Gasteiger partial charge in [0, 0.05) is 0 Å². The Morgan fingerprint density at radius 2 is 1.83 bits per heavy atom. The molecule has 3 nitrogen and oxygen atoms in total. The summed E-state index contributed by atoms with van der Waals surface area (Å²) in [7, 11) is -3.12. The summed E-state index contributed by atoms with van der Waals surface area (Å²) in [6.45, 7) is 0. The Balaban J connectivity index is 1.96. The molecule has 94 valence electrons. The van der Waals surface area contributed by atoms with Crippen LogP contribution in [0.25, 0.3) is 6.08 Å². The van der Waals surface area contributed by atoms with E-state index in [4.69, 9.17) is 4.42 Å². The fourth-order valence-electron chi connectivity index (χ4n) is 1.58. The third kappa shape index (κ3) is 3.89. The molecule has 0 atom stereocenters. The molecule has 2 aromatic rings. The lowest BCUT2D eigenvalue weighted by atomic mass is 10.2. The second-order valence-corrected chi connectivity index (χ2v) is 6.07. The van der Waals surface area contributed by atoms with Gasteiger partial charge in [0.25, 0.3) is 0 Å². The molecule has 0 amide bonds. The van der Waals surface area contributed by atoms with E-state index < -0.39 is 9.84 Å². The molecule has 0 fully saturated rings. The molecule has 0 radical (unpaired) electrons.